The van der Waals surface area contributed by atoms with E-state index in [0.29, 0.717) is 24.6 Å². The van der Waals surface area contributed by atoms with Crippen LogP contribution in [0.15, 0.2) is 35.3 Å². The molecule has 0 radical (unpaired) electrons. The lowest BCUT2D eigenvalue weighted by Gasteiger charge is -2.38. The van der Waals surface area contributed by atoms with E-state index >= 15 is 0 Å². The Hall–Kier alpha value is -2.25. The van der Waals surface area contributed by atoms with Crippen LogP contribution in [0.5, 0.6) is 0 Å². The molecule has 0 spiro atoms. The summed E-state index contributed by atoms with van der Waals surface area (Å²) in [6.45, 7) is 7.42. The van der Waals surface area contributed by atoms with Crippen LogP contribution < -0.4 is 5.56 Å². The van der Waals surface area contributed by atoms with Crippen LogP contribution in [-0.2, 0) is 11.5 Å². The van der Waals surface area contributed by atoms with Crippen molar-refractivity contribution in [1.82, 2.24) is 24.5 Å². The first-order valence-electron chi connectivity index (χ1n) is 10.3. The molecule has 1 aromatic heterocycles. The van der Waals surface area contributed by atoms with Crippen LogP contribution in [0.4, 0.5) is 0 Å². The number of amides is 1. The molecule has 2 aliphatic heterocycles. The lowest BCUT2D eigenvalue weighted by Crippen LogP contribution is -2.52. The number of fused-ring (bicyclic) bond motifs is 1. The molecule has 3 heterocycles. The summed E-state index contributed by atoms with van der Waals surface area (Å²) in [6.07, 6.45) is 5.22. The summed E-state index contributed by atoms with van der Waals surface area (Å²) in [6, 6.07) is 7.92. The summed E-state index contributed by atoms with van der Waals surface area (Å²) in [7, 11) is 0. The summed E-state index contributed by atoms with van der Waals surface area (Å²) in [5, 5.41) is 5.91. The molecule has 150 valence electrons. The van der Waals surface area contributed by atoms with Gasteiger partial charge in [-0.1, -0.05) is 18.2 Å². The lowest BCUT2D eigenvalue weighted by atomic mass is 10.0. The third-order valence-electron chi connectivity index (χ3n) is 6.04. The zero-order valence-electron chi connectivity index (χ0n) is 16.6. The molecule has 0 unspecified atom stereocenters. The largest absolute Gasteiger partial charge is 0.339 e. The molecule has 1 aromatic carbocycles. The second-order valence-electron chi connectivity index (χ2n) is 8.00. The number of piperidine rings is 1. The van der Waals surface area contributed by atoms with Crippen LogP contribution in [-0.4, -0.2) is 75.7 Å². The predicted octanol–water partition coefficient (Wildman–Crippen LogP) is 1.37. The van der Waals surface area contributed by atoms with Crippen molar-refractivity contribution in [1.29, 1.82) is 0 Å². The second kappa shape index (κ2) is 8.41. The van der Waals surface area contributed by atoms with Crippen molar-refractivity contribution < 1.29 is 4.79 Å². The fourth-order valence-electron chi connectivity index (χ4n) is 4.26. The van der Waals surface area contributed by atoms with E-state index in [1.807, 2.05) is 24.3 Å². The molecular weight excluding hydrogens is 354 g/mol. The first-order valence-corrected chi connectivity index (χ1v) is 10.3. The minimum absolute atomic E-state index is 0.0465. The molecule has 28 heavy (non-hydrogen) atoms. The first kappa shape index (κ1) is 19.1. The van der Waals surface area contributed by atoms with Crippen molar-refractivity contribution in [3.63, 3.8) is 0 Å². The summed E-state index contributed by atoms with van der Waals surface area (Å²) in [5.74, 6) is 0.257. The molecule has 1 amide bonds. The van der Waals surface area contributed by atoms with Gasteiger partial charge in [-0.05, 0) is 32.3 Å². The Balaban J connectivity index is 1.31. The van der Waals surface area contributed by atoms with Crippen LogP contribution in [0.3, 0.4) is 0 Å². The van der Waals surface area contributed by atoms with Gasteiger partial charge in [0, 0.05) is 44.2 Å². The third kappa shape index (κ3) is 4.10. The van der Waals surface area contributed by atoms with Crippen molar-refractivity contribution in [2.24, 2.45) is 0 Å². The number of hydrogen-bond donors (Lipinski definition) is 0. The highest BCUT2D eigenvalue weighted by molar-refractivity contribution is 5.80. The molecule has 0 N–H and O–H groups in total. The van der Waals surface area contributed by atoms with Gasteiger partial charge in [-0.25, -0.2) is 4.68 Å². The van der Waals surface area contributed by atoms with Gasteiger partial charge in [-0.2, -0.15) is 5.10 Å². The summed E-state index contributed by atoms with van der Waals surface area (Å²) >= 11 is 0. The number of carbonyl (C=O) groups is 1. The van der Waals surface area contributed by atoms with Gasteiger partial charge in [0.05, 0.1) is 24.8 Å². The summed E-state index contributed by atoms with van der Waals surface area (Å²) < 4.78 is 1.54. The average molecular weight is 383 g/mol. The monoisotopic (exact) mass is 383 g/mol. The van der Waals surface area contributed by atoms with Crippen LogP contribution >= 0.6 is 0 Å². The van der Waals surface area contributed by atoms with Crippen LogP contribution in [0.1, 0.15) is 26.2 Å². The van der Waals surface area contributed by atoms with Crippen molar-refractivity contribution in [2.75, 3.05) is 39.3 Å². The highest BCUT2D eigenvalue weighted by Crippen LogP contribution is 2.17. The molecule has 7 heteroatoms. The zero-order chi connectivity index (χ0) is 19.5. The molecule has 2 fully saturated rings. The normalized spacial score (nSPS) is 21.9. The molecule has 1 atom stereocenters. The van der Waals surface area contributed by atoms with Gasteiger partial charge in [0.2, 0.25) is 5.91 Å². The minimum atomic E-state index is -0.0465. The standard InChI is InChI=1S/C21H29N5O2/c1-17-6-4-5-9-25(17)20(27)15-23-10-12-24(13-11-23)16-26-21(28)19-8-3-2-7-18(19)14-22-26/h2-3,7-8,14,17H,4-6,9-13,15-16H2,1H3/t17-/m0/s1. The fraction of sp³-hybridized carbons (Fsp3) is 0.571. The summed E-state index contributed by atoms with van der Waals surface area (Å²) in [4.78, 5) is 31.8. The van der Waals surface area contributed by atoms with Crippen LogP contribution in [0.25, 0.3) is 10.8 Å². The second-order valence-corrected chi connectivity index (χ2v) is 8.00. The number of rotatable bonds is 4. The number of likely N-dealkylation sites (tertiary alicyclic amines) is 1. The van der Waals surface area contributed by atoms with E-state index in [0.717, 1.165) is 51.0 Å². The zero-order valence-corrected chi connectivity index (χ0v) is 16.6. The molecule has 0 aliphatic carbocycles. The lowest BCUT2D eigenvalue weighted by molar-refractivity contribution is -0.136. The van der Waals surface area contributed by atoms with Gasteiger partial charge >= 0.3 is 0 Å². The smallest absolute Gasteiger partial charge is 0.275 e. The minimum Gasteiger partial charge on any atom is -0.339 e. The maximum atomic E-state index is 12.6. The van der Waals surface area contributed by atoms with Gasteiger partial charge in [0.1, 0.15) is 0 Å². The molecule has 2 aliphatic rings. The molecule has 2 saturated heterocycles. The molecule has 4 rings (SSSR count). The Bertz CT molecular complexity index is 888. The SMILES string of the molecule is C[C@H]1CCCCN1C(=O)CN1CCN(Cn2ncc3ccccc3c2=O)CC1. The molecule has 7 nitrogen and oxygen atoms in total. The Morgan fingerprint density at radius 3 is 2.61 bits per heavy atom. The number of piperazine rings is 1. The predicted molar refractivity (Wildman–Crippen MR) is 109 cm³/mol. The average Bonchev–Trinajstić information content (AvgIpc) is 2.72. The van der Waals surface area contributed by atoms with Crippen molar-refractivity contribution in [2.45, 2.75) is 38.9 Å². The molecule has 0 saturated carbocycles. The Morgan fingerprint density at radius 1 is 1.07 bits per heavy atom. The summed E-state index contributed by atoms with van der Waals surface area (Å²) in [5.41, 5.74) is -0.0465. The van der Waals surface area contributed by atoms with E-state index < -0.39 is 0 Å². The van der Waals surface area contributed by atoms with E-state index in [1.165, 1.54) is 6.42 Å². The first-order chi connectivity index (χ1) is 13.6. The topological polar surface area (TPSA) is 61.7 Å². The van der Waals surface area contributed by atoms with Crippen molar-refractivity contribution in [3.05, 3.63) is 40.8 Å². The van der Waals surface area contributed by atoms with Gasteiger partial charge in [0.15, 0.2) is 0 Å². The van der Waals surface area contributed by atoms with Crippen LogP contribution in [0.2, 0.25) is 0 Å². The maximum absolute atomic E-state index is 12.6. The van der Waals surface area contributed by atoms with E-state index in [-0.39, 0.29) is 11.5 Å². The number of aromatic nitrogens is 2. The van der Waals surface area contributed by atoms with Crippen molar-refractivity contribution >= 4 is 16.7 Å². The fourth-order valence-corrected chi connectivity index (χ4v) is 4.26. The van der Waals surface area contributed by atoms with Gasteiger partial charge in [-0.15, -0.1) is 0 Å². The van der Waals surface area contributed by atoms with E-state index in [2.05, 4.69) is 26.7 Å². The van der Waals surface area contributed by atoms with Gasteiger partial charge in [0.25, 0.3) is 5.56 Å². The molecule has 2 aromatic rings. The molecular formula is C21H29N5O2. The Kier molecular flexibility index (Phi) is 5.73. The van der Waals surface area contributed by atoms with E-state index in [4.69, 9.17) is 0 Å². The van der Waals surface area contributed by atoms with Crippen molar-refractivity contribution in [3.8, 4) is 0 Å². The number of nitrogens with zero attached hydrogens (tertiary/aromatic N) is 5. The number of benzene rings is 1. The highest BCUT2D eigenvalue weighted by Gasteiger charge is 2.26. The third-order valence-corrected chi connectivity index (χ3v) is 6.04. The quantitative estimate of drug-likeness (QED) is 0.798. The number of carbonyl (C=O) groups excluding carboxylic acids is 1. The van der Waals surface area contributed by atoms with E-state index in [1.54, 1.807) is 10.9 Å². The molecule has 0 bridgehead atoms. The Morgan fingerprint density at radius 2 is 1.82 bits per heavy atom. The van der Waals surface area contributed by atoms with Gasteiger partial charge < -0.3 is 4.90 Å². The van der Waals surface area contributed by atoms with Crippen LogP contribution in [0, 0.1) is 0 Å². The van der Waals surface area contributed by atoms with E-state index in [9.17, 15) is 9.59 Å². The maximum Gasteiger partial charge on any atom is 0.275 e. The Labute approximate surface area is 165 Å². The van der Waals surface area contributed by atoms with Gasteiger partial charge in [-0.3, -0.25) is 19.4 Å². The number of hydrogen-bond acceptors (Lipinski definition) is 5. The highest BCUT2D eigenvalue weighted by atomic mass is 16.2.